The van der Waals surface area contributed by atoms with Crippen LogP contribution in [0, 0.1) is 22.7 Å². The van der Waals surface area contributed by atoms with Gasteiger partial charge in [-0.05, 0) is 80.9 Å². The van der Waals surface area contributed by atoms with Crippen LogP contribution in [-0.4, -0.2) is 49.1 Å². The highest BCUT2D eigenvalue weighted by atomic mass is 15.1. The summed E-state index contributed by atoms with van der Waals surface area (Å²) in [5.41, 5.74) is 0.902. The maximum absolute atomic E-state index is 2.70. The summed E-state index contributed by atoms with van der Waals surface area (Å²) in [6.07, 6.45) is 7.28. The van der Waals surface area contributed by atoms with Gasteiger partial charge in [0, 0.05) is 13.1 Å². The van der Waals surface area contributed by atoms with Crippen LogP contribution in [0.3, 0.4) is 0 Å². The van der Waals surface area contributed by atoms with Gasteiger partial charge in [-0.15, -0.1) is 0 Å². The molecule has 2 heteroatoms. The second-order valence-electron chi connectivity index (χ2n) is 10.8. The average molecular weight is 323 g/mol. The molecule has 0 N–H and O–H groups in total. The molecule has 0 bridgehead atoms. The number of hydrogen-bond donors (Lipinski definition) is 0. The zero-order valence-electron chi connectivity index (χ0n) is 16.8. The highest BCUT2D eigenvalue weighted by Gasteiger charge is 2.27. The van der Waals surface area contributed by atoms with E-state index in [0.717, 1.165) is 11.8 Å². The van der Waals surface area contributed by atoms with Gasteiger partial charge in [0.05, 0.1) is 0 Å². The van der Waals surface area contributed by atoms with Gasteiger partial charge < -0.3 is 9.80 Å². The summed E-state index contributed by atoms with van der Waals surface area (Å²) in [7, 11) is 0. The van der Waals surface area contributed by atoms with Gasteiger partial charge in [0.2, 0.25) is 0 Å². The van der Waals surface area contributed by atoms with Crippen LogP contribution >= 0.6 is 0 Å². The molecule has 0 aromatic heterocycles. The predicted molar refractivity (Wildman–Crippen MR) is 102 cm³/mol. The monoisotopic (exact) mass is 322 g/mol. The number of rotatable bonds is 4. The Morgan fingerprint density at radius 1 is 0.609 bits per heavy atom. The van der Waals surface area contributed by atoms with Gasteiger partial charge in [0.25, 0.3) is 0 Å². The Balaban J connectivity index is 1.64. The lowest BCUT2D eigenvalue weighted by Crippen LogP contribution is -2.41. The van der Waals surface area contributed by atoms with Crippen molar-refractivity contribution in [1.29, 1.82) is 0 Å². The molecule has 0 aliphatic carbocycles. The normalized spacial score (nSPS) is 24.3. The van der Waals surface area contributed by atoms with Crippen LogP contribution in [0.2, 0.25) is 0 Å². The first-order valence-corrected chi connectivity index (χ1v) is 10.1. The third-order valence-corrected chi connectivity index (χ3v) is 5.48. The van der Waals surface area contributed by atoms with E-state index in [4.69, 9.17) is 0 Å². The number of piperidine rings is 2. The first kappa shape index (κ1) is 19.2. The predicted octanol–water partition coefficient (Wildman–Crippen LogP) is 4.89. The van der Waals surface area contributed by atoms with Crippen LogP contribution in [0.5, 0.6) is 0 Å². The van der Waals surface area contributed by atoms with Crippen LogP contribution in [0.1, 0.15) is 73.6 Å². The zero-order valence-corrected chi connectivity index (χ0v) is 16.8. The molecule has 0 amide bonds. The highest BCUT2D eigenvalue weighted by molar-refractivity contribution is 4.81. The summed E-state index contributed by atoms with van der Waals surface area (Å²) in [6.45, 7) is 22.1. The van der Waals surface area contributed by atoms with E-state index < -0.39 is 0 Å². The summed E-state index contributed by atoms with van der Waals surface area (Å²) in [4.78, 5) is 5.39. The molecule has 0 unspecified atom stereocenters. The summed E-state index contributed by atoms with van der Waals surface area (Å²) in [5, 5.41) is 0. The molecule has 2 heterocycles. The minimum absolute atomic E-state index is 0.451. The van der Waals surface area contributed by atoms with Crippen molar-refractivity contribution in [3.63, 3.8) is 0 Å². The molecule has 0 spiro atoms. The molecule has 23 heavy (non-hydrogen) atoms. The van der Waals surface area contributed by atoms with Gasteiger partial charge in [0.15, 0.2) is 0 Å². The smallest absolute Gasteiger partial charge is 0.00300 e. The van der Waals surface area contributed by atoms with Gasteiger partial charge in [-0.1, -0.05) is 41.5 Å². The molecule has 2 aliphatic heterocycles. The van der Waals surface area contributed by atoms with Crippen molar-refractivity contribution in [2.45, 2.75) is 73.6 Å². The van der Waals surface area contributed by atoms with Crippen LogP contribution in [0.15, 0.2) is 0 Å². The Morgan fingerprint density at radius 2 is 0.913 bits per heavy atom. The van der Waals surface area contributed by atoms with Crippen molar-refractivity contribution in [3.8, 4) is 0 Å². The lowest BCUT2D eigenvalue weighted by Gasteiger charge is -2.39. The van der Waals surface area contributed by atoms with Gasteiger partial charge >= 0.3 is 0 Å². The Hall–Kier alpha value is -0.0800. The zero-order chi connectivity index (χ0) is 17.1. The number of hydrogen-bond acceptors (Lipinski definition) is 2. The van der Waals surface area contributed by atoms with Crippen LogP contribution in [0.4, 0.5) is 0 Å². The summed E-state index contributed by atoms with van der Waals surface area (Å²) >= 11 is 0. The fourth-order valence-electron chi connectivity index (χ4n) is 4.57. The Morgan fingerprint density at radius 3 is 1.17 bits per heavy atom. The van der Waals surface area contributed by atoms with E-state index in [1.54, 1.807) is 0 Å². The minimum Gasteiger partial charge on any atom is -0.303 e. The maximum Gasteiger partial charge on any atom is 0.00300 e. The Bertz CT molecular complexity index is 300. The third-order valence-electron chi connectivity index (χ3n) is 5.48. The van der Waals surface area contributed by atoms with Crippen molar-refractivity contribution in [2.75, 3.05) is 39.3 Å². The van der Waals surface area contributed by atoms with Crippen molar-refractivity contribution in [3.05, 3.63) is 0 Å². The largest absolute Gasteiger partial charge is 0.303 e. The van der Waals surface area contributed by atoms with Gasteiger partial charge in [-0.2, -0.15) is 0 Å². The van der Waals surface area contributed by atoms with Crippen molar-refractivity contribution in [1.82, 2.24) is 9.80 Å². The topological polar surface area (TPSA) is 6.48 Å². The standard InChI is InChI=1S/C21H42N2/c1-20(2,3)16-22-11-7-18(8-12-22)15-19-9-13-23(14-10-19)17-21(4,5)6/h18-19H,7-17H2,1-6H3. The van der Waals surface area contributed by atoms with E-state index in [1.807, 2.05) is 0 Å². The van der Waals surface area contributed by atoms with Crippen LogP contribution in [0.25, 0.3) is 0 Å². The molecule has 2 aliphatic rings. The second-order valence-corrected chi connectivity index (χ2v) is 10.8. The molecule has 2 nitrogen and oxygen atoms in total. The van der Waals surface area contributed by atoms with E-state index in [9.17, 15) is 0 Å². The fourth-order valence-corrected chi connectivity index (χ4v) is 4.57. The van der Waals surface area contributed by atoms with Crippen LogP contribution < -0.4 is 0 Å². The molecule has 2 saturated heterocycles. The molecule has 2 rings (SSSR count). The van der Waals surface area contributed by atoms with E-state index >= 15 is 0 Å². The molecule has 2 fully saturated rings. The molecule has 0 aromatic carbocycles. The maximum atomic E-state index is 2.70. The molecular formula is C21H42N2. The van der Waals surface area contributed by atoms with Gasteiger partial charge in [-0.3, -0.25) is 0 Å². The van der Waals surface area contributed by atoms with E-state index in [1.165, 1.54) is 71.4 Å². The molecule has 0 saturated carbocycles. The first-order chi connectivity index (χ1) is 10.6. The SMILES string of the molecule is CC(C)(C)CN1CCC(CC2CCN(CC(C)(C)C)CC2)CC1. The van der Waals surface area contributed by atoms with E-state index in [-0.39, 0.29) is 0 Å². The van der Waals surface area contributed by atoms with E-state index in [0.29, 0.717) is 10.8 Å². The second kappa shape index (κ2) is 7.87. The van der Waals surface area contributed by atoms with Crippen LogP contribution in [-0.2, 0) is 0 Å². The molecule has 0 radical (unpaired) electrons. The molecule has 136 valence electrons. The lowest BCUT2D eigenvalue weighted by molar-refractivity contribution is 0.101. The first-order valence-electron chi connectivity index (χ1n) is 10.1. The Kier molecular flexibility index (Phi) is 6.58. The molecular weight excluding hydrogens is 280 g/mol. The molecule has 0 aromatic rings. The number of nitrogens with zero attached hydrogens (tertiary/aromatic N) is 2. The lowest BCUT2D eigenvalue weighted by atomic mass is 9.82. The molecule has 0 atom stereocenters. The minimum atomic E-state index is 0.451. The quantitative estimate of drug-likeness (QED) is 0.727. The summed E-state index contributed by atoms with van der Waals surface area (Å²) in [6, 6.07) is 0. The third kappa shape index (κ3) is 7.56. The van der Waals surface area contributed by atoms with Gasteiger partial charge in [-0.25, -0.2) is 0 Å². The van der Waals surface area contributed by atoms with Gasteiger partial charge in [0.1, 0.15) is 0 Å². The summed E-state index contributed by atoms with van der Waals surface area (Å²) in [5.74, 6) is 2.01. The Labute approximate surface area is 146 Å². The van der Waals surface area contributed by atoms with Crippen molar-refractivity contribution in [2.24, 2.45) is 22.7 Å². The van der Waals surface area contributed by atoms with Crippen molar-refractivity contribution >= 4 is 0 Å². The van der Waals surface area contributed by atoms with Crippen molar-refractivity contribution < 1.29 is 0 Å². The van der Waals surface area contributed by atoms with E-state index in [2.05, 4.69) is 51.3 Å². The number of likely N-dealkylation sites (tertiary alicyclic amines) is 2. The fraction of sp³-hybridized carbons (Fsp3) is 1.00. The highest BCUT2D eigenvalue weighted by Crippen LogP contribution is 2.31. The average Bonchev–Trinajstić information content (AvgIpc) is 2.40. The summed E-state index contributed by atoms with van der Waals surface area (Å²) < 4.78 is 0.